The summed E-state index contributed by atoms with van der Waals surface area (Å²) in [5.41, 5.74) is 1.21. The number of aliphatic imine (C=N–C) groups is 1. The molecule has 2 aromatic heterocycles. The molecule has 2 aromatic rings. The molecule has 2 fully saturated rings. The quantitative estimate of drug-likeness (QED) is 0.374. The van der Waals surface area contributed by atoms with Gasteiger partial charge in [0.2, 0.25) is 0 Å². The zero-order valence-electron chi connectivity index (χ0n) is 16.0. The summed E-state index contributed by atoms with van der Waals surface area (Å²) in [7, 11) is 1.83. The molecule has 0 radical (unpaired) electrons. The van der Waals surface area contributed by atoms with Crippen LogP contribution < -0.4 is 10.6 Å². The first-order chi connectivity index (χ1) is 12.8. The predicted molar refractivity (Wildman–Crippen MR) is 117 cm³/mol. The molecule has 0 bridgehead atoms. The molecule has 4 rings (SSSR count). The van der Waals surface area contributed by atoms with Gasteiger partial charge in [0.05, 0.1) is 6.10 Å². The molecule has 0 aromatic carbocycles. The summed E-state index contributed by atoms with van der Waals surface area (Å²) in [5.74, 6) is 1.82. The van der Waals surface area contributed by atoms with Gasteiger partial charge in [0.15, 0.2) is 11.6 Å². The number of rotatable bonds is 6. The fourth-order valence-corrected chi connectivity index (χ4v) is 4.35. The van der Waals surface area contributed by atoms with E-state index >= 15 is 0 Å². The summed E-state index contributed by atoms with van der Waals surface area (Å²) in [6, 6.07) is 6.40. The lowest BCUT2D eigenvalue weighted by Crippen LogP contribution is -2.68. The largest absolute Gasteiger partial charge is 0.378 e. The molecule has 2 heterocycles. The predicted octanol–water partition coefficient (Wildman–Crippen LogP) is 2.40. The number of aromatic nitrogens is 3. The summed E-state index contributed by atoms with van der Waals surface area (Å²) in [5, 5.41) is 15.5. The summed E-state index contributed by atoms with van der Waals surface area (Å²) in [6.07, 6.45) is 8.12. The Bertz CT molecular complexity index is 787. The van der Waals surface area contributed by atoms with E-state index in [-0.39, 0.29) is 24.0 Å². The van der Waals surface area contributed by atoms with Gasteiger partial charge in [0.25, 0.3) is 0 Å². The van der Waals surface area contributed by atoms with E-state index in [1.165, 1.54) is 19.3 Å². The molecule has 1 spiro atoms. The van der Waals surface area contributed by atoms with Gasteiger partial charge in [0, 0.05) is 44.3 Å². The van der Waals surface area contributed by atoms with Gasteiger partial charge in [-0.25, -0.2) is 0 Å². The summed E-state index contributed by atoms with van der Waals surface area (Å²) >= 11 is 0. The Hall–Kier alpha value is -1.42. The maximum Gasteiger partial charge on any atom is 0.191 e. The van der Waals surface area contributed by atoms with Crippen LogP contribution in [0.25, 0.3) is 5.65 Å². The first-order valence-electron chi connectivity index (χ1n) is 9.64. The lowest BCUT2D eigenvalue weighted by atomic mass is 9.51. The van der Waals surface area contributed by atoms with Crippen molar-refractivity contribution < 1.29 is 4.74 Å². The van der Waals surface area contributed by atoms with Crippen molar-refractivity contribution in [1.82, 2.24) is 25.2 Å². The van der Waals surface area contributed by atoms with E-state index in [1.807, 2.05) is 35.8 Å². The van der Waals surface area contributed by atoms with Crippen molar-refractivity contribution in [1.29, 1.82) is 0 Å². The van der Waals surface area contributed by atoms with Crippen molar-refractivity contribution in [3.05, 3.63) is 30.2 Å². The van der Waals surface area contributed by atoms with Gasteiger partial charge >= 0.3 is 0 Å². The number of ether oxygens (including phenoxy) is 1. The van der Waals surface area contributed by atoms with Crippen LogP contribution in [0.1, 0.15) is 38.4 Å². The number of pyridine rings is 1. The second-order valence-electron chi connectivity index (χ2n) is 7.26. The van der Waals surface area contributed by atoms with Crippen molar-refractivity contribution in [3.8, 4) is 0 Å². The minimum absolute atomic E-state index is 0. The molecule has 0 amide bonds. The minimum Gasteiger partial charge on any atom is -0.378 e. The Morgan fingerprint density at radius 3 is 2.93 bits per heavy atom. The highest BCUT2D eigenvalue weighted by atomic mass is 127. The van der Waals surface area contributed by atoms with Crippen LogP contribution in [0.15, 0.2) is 29.4 Å². The Morgan fingerprint density at radius 2 is 2.22 bits per heavy atom. The van der Waals surface area contributed by atoms with E-state index in [9.17, 15) is 0 Å². The van der Waals surface area contributed by atoms with Crippen LogP contribution >= 0.6 is 24.0 Å². The van der Waals surface area contributed by atoms with Crippen molar-refractivity contribution in [2.24, 2.45) is 10.4 Å². The van der Waals surface area contributed by atoms with E-state index in [0.717, 1.165) is 43.4 Å². The number of fused-ring (bicyclic) bond motifs is 1. The molecule has 2 atom stereocenters. The van der Waals surface area contributed by atoms with E-state index in [0.29, 0.717) is 17.6 Å². The lowest BCUT2D eigenvalue weighted by molar-refractivity contribution is -0.168. The third-order valence-electron chi connectivity index (χ3n) is 6.00. The molecule has 27 heavy (non-hydrogen) atoms. The van der Waals surface area contributed by atoms with Gasteiger partial charge in [-0.15, -0.1) is 34.2 Å². The fourth-order valence-electron chi connectivity index (χ4n) is 4.35. The average Bonchev–Trinajstić information content (AvgIpc) is 3.01. The fraction of sp³-hybridized carbons (Fsp3) is 0.632. The number of hydrogen-bond donors (Lipinski definition) is 2. The molecule has 0 aliphatic heterocycles. The Balaban J connectivity index is 0.00000210. The Labute approximate surface area is 177 Å². The smallest absolute Gasteiger partial charge is 0.191 e. The molecule has 2 saturated carbocycles. The first kappa shape index (κ1) is 20.3. The average molecular weight is 484 g/mol. The molecule has 2 N–H and O–H groups in total. The van der Waals surface area contributed by atoms with Crippen molar-refractivity contribution in [2.45, 2.75) is 51.2 Å². The van der Waals surface area contributed by atoms with Crippen LogP contribution in [0, 0.1) is 5.41 Å². The van der Waals surface area contributed by atoms with Gasteiger partial charge in [-0.1, -0.05) is 12.5 Å². The van der Waals surface area contributed by atoms with Crippen LogP contribution in [-0.2, 0) is 11.2 Å². The number of nitrogens with zero attached hydrogens (tertiary/aromatic N) is 4. The number of guanidine groups is 1. The lowest BCUT2D eigenvalue weighted by Gasteiger charge is -2.61. The van der Waals surface area contributed by atoms with Gasteiger partial charge in [-0.2, -0.15) is 0 Å². The van der Waals surface area contributed by atoms with Crippen LogP contribution in [-0.4, -0.2) is 52.9 Å². The van der Waals surface area contributed by atoms with E-state index in [2.05, 4.69) is 32.7 Å². The number of nitrogens with one attached hydrogen (secondary N) is 2. The van der Waals surface area contributed by atoms with Gasteiger partial charge in [-0.05, 0) is 38.3 Å². The van der Waals surface area contributed by atoms with E-state index < -0.39 is 0 Å². The van der Waals surface area contributed by atoms with Crippen molar-refractivity contribution >= 4 is 35.6 Å². The van der Waals surface area contributed by atoms with E-state index in [4.69, 9.17) is 4.74 Å². The van der Waals surface area contributed by atoms with Gasteiger partial charge in [-0.3, -0.25) is 9.39 Å². The van der Waals surface area contributed by atoms with Gasteiger partial charge < -0.3 is 15.4 Å². The highest BCUT2D eigenvalue weighted by Crippen LogP contribution is 2.57. The van der Waals surface area contributed by atoms with Crippen molar-refractivity contribution in [2.75, 3.05) is 20.2 Å². The maximum absolute atomic E-state index is 5.93. The van der Waals surface area contributed by atoms with Crippen LogP contribution in [0.2, 0.25) is 0 Å². The van der Waals surface area contributed by atoms with Crippen LogP contribution in [0.3, 0.4) is 0 Å². The highest BCUT2D eigenvalue weighted by Gasteiger charge is 2.59. The van der Waals surface area contributed by atoms with Gasteiger partial charge in [0.1, 0.15) is 5.82 Å². The summed E-state index contributed by atoms with van der Waals surface area (Å²) < 4.78 is 7.96. The molecular weight excluding hydrogens is 455 g/mol. The second kappa shape index (κ2) is 8.72. The molecule has 0 saturated heterocycles. The monoisotopic (exact) mass is 484 g/mol. The standard InChI is InChI=1S/C19H28N6O.HI/c1-3-26-15-13-14(19(15)9-6-10-19)22-18(20-2)21-11-8-17-24-23-16-7-4-5-12-25(16)17;/h4-5,7,12,14-15H,3,6,8-11,13H2,1-2H3,(H2,20,21,22);1H. The topological polar surface area (TPSA) is 75.8 Å². The Morgan fingerprint density at radius 1 is 1.37 bits per heavy atom. The first-order valence-corrected chi connectivity index (χ1v) is 9.64. The third-order valence-corrected chi connectivity index (χ3v) is 6.00. The maximum atomic E-state index is 5.93. The molecule has 7 nitrogen and oxygen atoms in total. The zero-order chi connectivity index (χ0) is 18.0. The third kappa shape index (κ3) is 3.78. The molecule has 2 aliphatic rings. The second-order valence-corrected chi connectivity index (χ2v) is 7.26. The van der Waals surface area contributed by atoms with Crippen LogP contribution in [0.4, 0.5) is 0 Å². The highest BCUT2D eigenvalue weighted by molar-refractivity contribution is 14.0. The molecule has 8 heteroatoms. The normalized spacial score (nSPS) is 23.4. The summed E-state index contributed by atoms with van der Waals surface area (Å²) in [6.45, 7) is 3.66. The number of hydrogen-bond acceptors (Lipinski definition) is 4. The SMILES string of the molecule is CCOC1CC(NC(=NC)NCCc2nnc3ccccn23)C12CCC2.I. The summed E-state index contributed by atoms with van der Waals surface area (Å²) in [4.78, 5) is 4.40. The van der Waals surface area contributed by atoms with Crippen molar-refractivity contribution in [3.63, 3.8) is 0 Å². The molecule has 2 unspecified atom stereocenters. The molecule has 2 aliphatic carbocycles. The van der Waals surface area contributed by atoms with E-state index in [1.54, 1.807) is 0 Å². The Kier molecular flexibility index (Phi) is 6.56. The molecular formula is C19H29IN6O. The van der Waals surface area contributed by atoms with Crippen LogP contribution in [0.5, 0.6) is 0 Å². The molecule has 148 valence electrons. The number of halogens is 1. The minimum atomic E-state index is 0. The zero-order valence-corrected chi connectivity index (χ0v) is 18.3.